The average molecular weight is 357 g/mol. The Morgan fingerprint density at radius 3 is 2.40 bits per heavy atom. The minimum absolute atomic E-state index is 0.00648. The van der Waals surface area contributed by atoms with Gasteiger partial charge in [-0.15, -0.1) is 0 Å². The van der Waals surface area contributed by atoms with E-state index in [2.05, 4.69) is 5.32 Å². The van der Waals surface area contributed by atoms with Crippen molar-refractivity contribution in [3.63, 3.8) is 0 Å². The van der Waals surface area contributed by atoms with Crippen LogP contribution in [0, 0.1) is 0 Å². The SMILES string of the molecule is O=C(OCc1ccccc1)[C@H](CO)NC1O[C@H](CO)[C@H](O)[C@H](O)[C@H]1O. The molecule has 1 saturated heterocycles. The number of hydrogen-bond donors (Lipinski definition) is 6. The van der Waals surface area contributed by atoms with Crippen molar-refractivity contribution < 1.29 is 39.8 Å². The molecule has 25 heavy (non-hydrogen) atoms. The summed E-state index contributed by atoms with van der Waals surface area (Å²) in [6.07, 6.45) is -7.04. The Morgan fingerprint density at radius 2 is 1.80 bits per heavy atom. The first-order valence-corrected chi connectivity index (χ1v) is 7.86. The molecule has 0 aromatic heterocycles. The maximum absolute atomic E-state index is 12.1. The fourth-order valence-electron chi connectivity index (χ4n) is 2.46. The van der Waals surface area contributed by atoms with Gasteiger partial charge in [-0.2, -0.15) is 0 Å². The zero-order chi connectivity index (χ0) is 18.4. The zero-order valence-electron chi connectivity index (χ0n) is 13.4. The molecule has 0 bridgehead atoms. The molecule has 1 aliphatic rings. The molecule has 9 nitrogen and oxygen atoms in total. The number of aliphatic hydroxyl groups is 5. The smallest absolute Gasteiger partial charge is 0.325 e. The Kier molecular flexibility index (Phi) is 7.26. The number of carbonyl (C=O) groups is 1. The monoisotopic (exact) mass is 357 g/mol. The third-order valence-corrected chi connectivity index (χ3v) is 3.95. The standard InChI is InChI=1S/C16H23NO8/c18-6-10(16(23)24-8-9-4-2-1-3-5-9)17-15-14(22)13(21)12(20)11(7-19)25-15/h1-5,10-15,17-22H,6-8H2/t10-,11+,12-,13-,14+,15?/m0/s1. The van der Waals surface area contributed by atoms with Gasteiger partial charge in [0, 0.05) is 0 Å². The topological polar surface area (TPSA) is 149 Å². The number of rotatable bonds is 7. The summed E-state index contributed by atoms with van der Waals surface area (Å²) in [7, 11) is 0. The largest absolute Gasteiger partial charge is 0.460 e. The van der Waals surface area contributed by atoms with Gasteiger partial charge in [0.25, 0.3) is 0 Å². The van der Waals surface area contributed by atoms with Crippen LogP contribution in [0.25, 0.3) is 0 Å². The summed E-state index contributed by atoms with van der Waals surface area (Å²) in [5.74, 6) is -0.775. The maximum Gasteiger partial charge on any atom is 0.325 e. The minimum atomic E-state index is -1.58. The van der Waals surface area contributed by atoms with Gasteiger partial charge in [0.2, 0.25) is 0 Å². The maximum atomic E-state index is 12.1. The molecule has 0 amide bonds. The Labute approximate surface area is 144 Å². The van der Waals surface area contributed by atoms with Crippen LogP contribution >= 0.6 is 0 Å². The number of hydrogen-bond acceptors (Lipinski definition) is 9. The zero-order valence-corrected chi connectivity index (χ0v) is 13.4. The Bertz CT molecular complexity index is 540. The summed E-state index contributed by atoms with van der Waals surface area (Å²) < 4.78 is 10.3. The van der Waals surface area contributed by atoms with Crippen molar-refractivity contribution >= 4 is 5.97 Å². The Morgan fingerprint density at radius 1 is 1.12 bits per heavy atom. The highest BCUT2D eigenvalue weighted by Gasteiger charge is 2.44. The highest BCUT2D eigenvalue weighted by molar-refractivity contribution is 5.76. The molecule has 6 atom stereocenters. The molecule has 140 valence electrons. The average Bonchev–Trinajstić information content (AvgIpc) is 2.64. The van der Waals surface area contributed by atoms with E-state index in [0.29, 0.717) is 0 Å². The summed E-state index contributed by atoms with van der Waals surface area (Å²) in [6.45, 7) is -1.22. The van der Waals surface area contributed by atoms with E-state index in [4.69, 9.17) is 14.6 Å². The molecule has 0 spiro atoms. The van der Waals surface area contributed by atoms with Gasteiger partial charge in [0.15, 0.2) is 0 Å². The van der Waals surface area contributed by atoms with Gasteiger partial charge in [0.05, 0.1) is 13.2 Å². The van der Waals surface area contributed by atoms with Crippen molar-refractivity contribution in [1.82, 2.24) is 5.32 Å². The second-order valence-corrected chi connectivity index (χ2v) is 5.74. The van der Waals surface area contributed by atoms with E-state index in [-0.39, 0.29) is 6.61 Å². The van der Waals surface area contributed by atoms with E-state index in [1.165, 1.54) is 0 Å². The second kappa shape index (κ2) is 9.20. The highest BCUT2D eigenvalue weighted by Crippen LogP contribution is 2.20. The summed E-state index contributed by atoms with van der Waals surface area (Å²) in [5, 5.41) is 50.5. The molecule has 1 fully saturated rings. The van der Waals surface area contributed by atoms with Gasteiger partial charge in [-0.1, -0.05) is 30.3 Å². The van der Waals surface area contributed by atoms with Crippen LogP contribution in [0.3, 0.4) is 0 Å². The van der Waals surface area contributed by atoms with Crippen molar-refractivity contribution in [2.24, 2.45) is 0 Å². The normalized spacial score (nSPS) is 30.7. The lowest BCUT2D eigenvalue weighted by Crippen LogP contribution is -2.64. The molecule has 1 aromatic carbocycles. The third-order valence-electron chi connectivity index (χ3n) is 3.95. The molecular formula is C16H23NO8. The van der Waals surface area contributed by atoms with Crippen molar-refractivity contribution in [2.75, 3.05) is 13.2 Å². The Balaban J connectivity index is 1.94. The van der Waals surface area contributed by atoms with Crippen molar-refractivity contribution in [3.05, 3.63) is 35.9 Å². The second-order valence-electron chi connectivity index (χ2n) is 5.74. The molecule has 1 heterocycles. The third kappa shape index (κ3) is 4.95. The molecule has 9 heteroatoms. The fraction of sp³-hybridized carbons (Fsp3) is 0.562. The molecule has 1 aliphatic heterocycles. The van der Waals surface area contributed by atoms with Crippen LogP contribution in [-0.2, 0) is 20.9 Å². The lowest BCUT2D eigenvalue weighted by molar-refractivity contribution is -0.239. The quantitative estimate of drug-likeness (QED) is 0.291. The van der Waals surface area contributed by atoms with Crippen molar-refractivity contribution in [1.29, 1.82) is 0 Å². The van der Waals surface area contributed by atoms with Crippen LogP contribution in [0.5, 0.6) is 0 Å². The van der Waals surface area contributed by atoms with Gasteiger partial charge in [0.1, 0.15) is 43.3 Å². The minimum Gasteiger partial charge on any atom is -0.460 e. The highest BCUT2D eigenvalue weighted by atomic mass is 16.6. The first kappa shape index (κ1) is 19.7. The first-order valence-electron chi connectivity index (χ1n) is 7.86. The molecular weight excluding hydrogens is 334 g/mol. The summed E-state index contributed by atoms with van der Waals surface area (Å²) >= 11 is 0. The van der Waals surface area contributed by atoms with Crippen molar-refractivity contribution in [2.45, 2.75) is 43.3 Å². The number of esters is 1. The molecule has 1 unspecified atom stereocenters. The predicted octanol–water partition coefficient (Wildman–Crippen LogP) is -2.52. The van der Waals surface area contributed by atoms with Crippen LogP contribution in [0.1, 0.15) is 5.56 Å². The number of ether oxygens (including phenoxy) is 2. The van der Waals surface area contributed by atoms with E-state index >= 15 is 0 Å². The molecule has 0 saturated carbocycles. The molecule has 2 rings (SSSR count). The van der Waals surface area contributed by atoms with Crippen molar-refractivity contribution in [3.8, 4) is 0 Å². The van der Waals surface area contributed by atoms with Crippen LogP contribution in [-0.4, -0.2) is 81.4 Å². The molecule has 0 radical (unpaired) electrons. The molecule has 6 N–H and O–H groups in total. The summed E-state index contributed by atoms with van der Waals surface area (Å²) in [5.41, 5.74) is 0.764. The van der Waals surface area contributed by atoms with Gasteiger partial charge < -0.3 is 35.0 Å². The predicted molar refractivity (Wildman–Crippen MR) is 84.0 cm³/mol. The van der Waals surface area contributed by atoms with Crippen LogP contribution < -0.4 is 5.32 Å². The molecule has 0 aliphatic carbocycles. The number of aliphatic hydroxyl groups excluding tert-OH is 5. The van der Waals surface area contributed by atoms with Crippen LogP contribution in [0.15, 0.2) is 30.3 Å². The van der Waals surface area contributed by atoms with E-state index in [9.17, 15) is 25.2 Å². The van der Waals surface area contributed by atoms with Crippen LogP contribution in [0.2, 0.25) is 0 Å². The van der Waals surface area contributed by atoms with Gasteiger partial charge in [-0.25, -0.2) is 0 Å². The van der Waals surface area contributed by atoms with Gasteiger partial charge in [-0.05, 0) is 5.56 Å². The Hall–Kier alpha value is -1.59. The first-order chi connectivity index (χ1) is 12.0. The lowest BCUT2D eigenvalue weighted by Gasteiger charge is -2.41. The number of nitrogens with one attached hydrogen (secondary N) is 1. The van der Waals surface area contributed by atoms with E-state index in [1.54, 1.807) is 24.3 Å². The van der Waals surface area contributed by atoms with Gasteiger partial charge in [-0.3, -0.25) is 10.1 Å². The van der Waals surface area contributed by atoms with E-state index < -0.39 is 55.9 Å². The summed E-state index contributed by atoms with van der Waals surface area (Å²) in [4.78, 5) is 12.1. The molecule has 1 aromatic rings. The van der Waals surface area contributed by atoms with E-state index in [1.807, 2.05) is 6.07 Å². The fourth-order valence-corrected chi connectivity index (χ4v) is 2.46. The number of carbonyl (C=O) groups excluding carboxylic acids is 1. The number of benzene rings is 1. The van der Waals surface area contributed by atoms with E-state index in [0.717, 1.165) is 5.56 Å². The van der Waals surface area contributed by atoms with Crippen LogP contribution in [0.4, 0.5) is 0 Å². The van der Waals surface area contributed by atoms with Gasteiger partial charge >= 0.3 is 5.97 Å². The summed E-state index contributed by atoms with van der Waals surface area (Å²) in [6, 6.07) is 7.73. The lowest BCUT2D eigenvalue weighted by atomic mass is 9.98.